The Morgan fingerprint density at radius 2 is 1.88 bits per heavy atom. The normalized spacial score (nSPS) is 11.6. The van der Waals surface area contributed by atoms with Crippen LogP contribution in [0.25, 0.3) is 0 Å². The second-order valence-electron chi connectivity index (χ2n) is 3.41. The van der Waals surface area contributed by atoms with Gasteiger partial charge in [0, 0.05) is 6.92 Å². The maximum Gasteiger partial charge on any atom is 0.408 e. The van der Waals surface area contributed by atoms with E-state index in [2.05, 4.69) is 13.6 Å². The highest BCUT2D eigenvalue weighted by Gasteiger charge is 2.22. The number of halogens is 1. The minimum absolute atomic E-state index is 0.239. The first-order valence-electron chi connectivity index (χ1n) is 4.87. The van der Waals surface area contributed by atoms with Gasteiger partial charge in [-0.2, -0.15) is 0 Å². The van der Waals surface area contributed by atoms with E-state index >= 15 is 0 Å². The van der Waals surface area contributed by atoms with Crippen molar-refractivity contribution in [1.82, 2.24) is 8.85 Å². The van der Waals surface area contributed by atoms with Gasteiger partial charge in [-0.05, 0) is 13.8 Å². The predicted octanol–water partition coefficient (Wildman–Crippen LogP) is 0.519. The van der Waals surface area contributed by atoms with E-state index in [-0.39, 0.29) is 12.7 Å². The number of esters is 1. The van der Waals surface area contributed by atoms with Gasteiger partial charge in [-0.25, -0.2) is 4.79 Å². The van der Waals surface area contributed by atoms with Crippen molar-refractivity contribution in [2.45, 2.75) is 32.9 Å². The first kappa shape index (κ1) is 15.9. The number of nitrogens with one attached hydrogen (secondary N) is 2. The fourth-order valence-electron chi connectivity index (χ4n) is 0.840. The molecule has 8 heteroatoms. The van der Waals surface area contributed by atoms with Crippen molar-refractivity contribution < 1.29 is 23.9 Å². The number of carbonyl (C=O) groups excluding carboxylic acids is 3. The summed E-state index contributed by atoms with van der Waals surface area (Å²) in [6.07, 6.45) is -1.04. The van der Waals surface area contributed by atoms with E-state index < -0.39 is 24.0 Å². The number of ether oxygens (including phenoxy) is 2. The molecule has 0 unspecified atom stereocenters. The predicted molar refractivity (Wildman–Crippen MR) is 67.3 cm³/mol. The van der Waals surface area contributed by atoms with Gasteiger partial charge in [0.2, 0.25) is 0 Å². The highest BCUT2D eigenvalue weighted by molar-refractivity contribution is 14.1. The maximum atomic E-state index is 11.4. The van der Waals surface area contributed by atoms with E-state index in [1.165, 1.54) is 6.92 Å². The number of carbonyl (C=O) groups is 3. The number of rotatable bonds is 5. The fraction of sp³-hybridized carbons (Fsp3) is 0.667. The van der Waals surface area contributed by atoms with Crippen molar-refractivity contribution in [2.75, 3.05) is 6.61 Å². The summed E-state index contributed by atoms with van der Waals surface area (Å²) in [5.74, 6) is -1.01. The first-order valence-corrected chi connectivity index (χ1v) is 5.95. The molecule has 0 aromatic heterocycles. The number of alkyl carbamates (subject to hydrolysis) is 1. The summed E-state index contributed by atoms with van der Waals surface area (Å²) in [4.78, 5) is 33.3. The van der Waals surface area contributed by atoms with Crippen LogP contribution in [0, 0.1) is 0 Å². The van der Waals surface area contributed by atoms with Crippen molar-refractivity contribution in [2.24, 2.45) is 0 Å². The third kappa shape index (κ3) is 7.77. The SMILES string of the molecule is CC(=O)OC[C@H](NC(=O)OC(C)C)C(=O)NI. The Hall–Kier alpha value is -1.06. The molecule has 0 aliphatic heterocycles. The molecule has 0 aliphatic rings. The Morgan fingerprint density at radius 1 is 1.29 bits per heavy atom. The first-order chi connectivity index (χ1) is 7.86. The average molecular weight is 358 g/mol. The fourth-order valence-corrected chi connectivity index (χ4v) is 1.22. The molecule has 0 heterocycles. The van der Waals surface area contributed by atoms with E-state index in [4.69, 9.17) is 4.74 Å². The Bertz CT molecular complexity index is 295. The molecule has 2 N–H and O–H groups in total. The highest BCUT2D eigenvalue weighted by Crippen LogP contribution is 1.94. The summed E-state index contributed by atoms with van der Waals surface area (Å²) in [6.45, 7) is 4.33. The molecule has 98 valence electrons. The molecule has 0 bridgehead atoms. The van der Waals surface area contributed by atoms with Crippen LogP contribution in [0.5, 0.6) is 0 Å². The lowest BCUT2D eigenvalue weighted by molar-refractivity contribution is -0.142. The zero-order valence-electron chi connectivity index (χ0n) is 9.78. The van der Waals surface area contributed by atoms with Gasteiger partial charge in [0.15, 0.2) is 0 Å². The quantitative estimate of drug-likeness (QED) is 0.425. The Labute approximate surface area is 113 Å². The Kier molecular flexibility index (Phi) is 7.59. The lowest BCUT2D eigenvalue weighted by atomic mass is 10.3. The van der Waals surface area contributed by atoms with E-state index in [0.29, 0.717) is 0 Å². The molecule has 0 radical (unpaired) electrons. The largest absolute Gasteiger partial charge is 0.463 e. The third-order valence-corrected chi connectivity index (χ3v) is 2.03. The molecule has 0 aromatic carbocycles. The second-order valence-corrected chi connectivity index (χ2v) is 3.95. The summed E-state index contributed by atoms with van der Waals surface area (Å²) in [5.41, 5.74) is 0. The van der Waals surface area contributed by atoms with Gasteiger partial charge in [-0.3, -0.25) is 13.1 Å². The van der Waals surface area contributed by atoms with Crippen LogP contribution in [0.4, 0.5) is 4.79 Å². The van der Waals surface area contributed by atoms with Gasteiger partial charge < -0.3 is 14.8 Å². The van der Waals surface area contributed by atoms with Crippen molar-refractivity contribution in [3.63, 3.8) is 0 Å². The smallest absolute Gasteiger partial charge is 0.408 e. The standard InChI is InChI=1S/C9H15IN2O5/c1-5(2)17-9(15)11-7(8(14)12-10)4-16-6(3)13/h5,7H,4H2,1-3H3,(H,11,15)(H,12,14)/t7-/m0/s1. The second kappa shape index (κ2) is 8.09. The molecule has 0 rings (SSSR count). The summed E-state index contributed by atoms with van der Waals surface area (Å²) in [5, 5.41) is 2.30. The molecule has 17 heavy (non-hydrogen) atoms. The van der Waals surface area contributed by atoms with Crippen LogP contribution in [-0.2, 0) is 19.1 Å². The number of amides is 2. The Balaban J connectivity index is 4.33. The van der Waals surface area contributed by atoms with Gasteiger partial charge in [-0.15, -0.1) is 0 Å². The third-order valence-electron chi connectivity index (χ3n) is 1.50. The van der Waals surface area contributed by atoms with Crippen molar-refractivity contribution in [3.8, 4) is 0 Å². The van der Waals surface area contributed by atoms with Crippen LogP contribution < -0.4 is 8.85 Å². The van der Waals surface area contributed by atoms with Crippen LogP contribution in [0.2, 0.25) is 0 Å². The summed E-state index contributed by atoms with van der Waals surface area (Å²) < 4.78 is 11.8. The van der Waals surface area contributed by atoms with Crippen LogP contribution in [0.15, 0.2) is 0 Å². The van der Waals surface area contributed by atoms with Crippen molar-refractivity contribution in [1.29, 1.82) is 0 Å². The van der Waals surface area contributed by atoms with Crippen LogP contribution in [0.3, 0.4) is 0 Å². The average Bonchev–Trinajstić information content (AvgIpc) is 2.21. The topological polar surface area (TPSA) is 93.7 Å². The van der Waals surface area contributed by atoms with E-state index in [1.807, 2.05) is 0 Å². The highest BCUT2D eigenvalue weighted by atomic mass is 127. The molecule has 0 fully saturated rings. The zero-order chi connectivity index (χ0) is 13.4. The molecule has 0 aliphatic carbocycles. The number of hydrogen-bond donors (Lipinski definition) is 2. The van der Waals surface area contributed by atoms with Crippen molar-refractivity contribution >= 4 is 40.8 Å². The van der Waals surface area contributed by atoms with E-state index in [9.17, 15) is 14.4 Å². The van der Waals surface area contributed by atoms with Crippen molar-refractivity contribution in [3.05, 3.63) is 0 Å². The maximum absolute atomic E-state index is 11.4. The van der Waals surface area contributed by atoms with E-state index in [0.717, 1.165) is 0 Å². The molecule has 0 aromatic rings. The molecule has 0 saturated carbocycles. The molecular formula is C9H15IN2O5. The summed E-state index contributed by atoms with van der Waals surface area (Å²) in [7, 11) is 0. The van der Waals surface area contributed by atoms with Crippen LogP contribution >= 0.6 is 22.9 Å². The van der Waals surface area contributed by atoms with E-state index in [1.54, 1.807) is 36.7 Å². The van der Waals surface area contributed by atoms with Gasteiger partial charge in [0.25, 0.3) is 5.91 Å². The monoisotopic (exact) mass is 358 g/mol. The van der Waals surface area contributed by atoms with Crippen LogP contribution in [-0.4, -0.2) is 36.7 Å². The van der Waals surface area contributed by atoms with Crippen LogP contribution in [0.1, 0.15) is 20.8 Å². The zero-order valence-corrected chi connectivity index (χ0v) is 11.9. The molecule has 0 spiro atoms. The molecule has 7 nitrogen and oxygen atoms in total. The molecule has 2 amide bonds. The van der Waals surface area contributed by atoms with Gasteiger partial charge in [0.1, 0.15) is 12.6 Å². The molecule has 1 atom stereocenters. The number of hydrogen-bond acceptors (Lipinski definition) is 5. The lowest BCUT2D eigenvalue weighted by Gasteiger charge is -2.17. The summed E-state index contributed by atoms with van der Waals surface area (Å²) >= 11 is 1.63. The minimum atomic E-state index is -0.970. The minimum Gasteiger partial charge on any atom is -0.463 e. The summed E-state index contributed by atoms with van der Waals surface area (Å²) in [6, 6.07) is -0.970. The van der Waals surface area contributed by atoms with Gasteiger partial charge in [0.05, 0.1) is 29.0 Å². The molecular weight excluding hydrogens is 343 g/mol. The Morgan fingerprint density at radius 3 is 2.29 bits per heavy atom. The molecule has 0 saturated heterocycles. The van der Waals surface area contributed by atoms with Gasteiger partial charge in [-0.1, -0.05) is 0 Å². The lowest BCUT2D eigenvalue weighted by Crippen LogP contribution is -2.48. The van der Waals surface area contributed by atoms with Gasteiger partial charge >= 0.3 is 12.1 Å².